The van der Waals surface area contributed by atoms with Crippen molar-refractivity contribution in [2.24, 2.45) is 0 Å². The lowest BCUT2D eigenvalue weighted by Crippen LogP contribution is -2.30. The van der Waals surface area contributed by atoms with Crippen molar-refractivity contribution in [2.45, 2.75) is 58.6 Å². The molecule has 0 aliphatic carbocycles. The van der Waals surface area contributed by atoms with Gasteiger partial charge in [-0.05, 0) is 30.4 Å². The molecule has 2 atom stereocenters. The third kappa shape index (κ3) is 2.63. The fraction of sp³-hybridized carbons (Fsp3) is 0.625. The molecule has 1 aromatic carbocycles. The van der Waals surface area contributed by atoms with Gasteiger partial charge in [-0.15, -0.1) is 0 Å². The van der Waals surface area contributed by atoms with Gasteiger partial charge < -0.3 is 9.57 Å². The third-order valence-corrected chi connectivity index (χ3v) is 3.84. The van der Waals surface area contributed by atoms with Crippen molar-refractivity contribution in [1.82, 2.24) is 5.48 Å². The normalized spacial score (nSPS) is 21.6. The summed E-state index contributed by atoms with van der Waals surface area (Å²) >= 11 is 0. The number of ether oxygens (including phenoxy) is 1. The summed E-state index contributed by atoms with van der Waals surface area (Å²) in [6, 6.07) is 4.52. The first kappa shape index (κ1) is 14.4. The molecule has 2 rings (SSSR count). The summed E-state index contributed by atoms with van der Waals surface area (Å²) in [5.41, 5.74) is 6.95. The number of hydroxylamine groups is 1. The number of aryl methyl sites for hydroxylation is 1. The molecular weight excluding hydrogens is 238 g/mol. The lowest BCUT2D eigenvalue weighted by Gasteiger charge is -2.19. The fourth-order valence-electron chi connectivity index (χ4n) is 2.86. The van der Waals surface area contributed by atoms with E-state index < -0.39 is 0 Å². The lowest BCUT2D eigenvalue weighted by molar-refractivity contribution is 0.0266. The average molecular weight is 263 g/mol. The third-order valence-electron chi connectivity index (χ3n) is 3.84. The molecular formula is C16H25NO2. The van der Waals surface area contributed by atoms with Crippen LogP contribution in [0.2, 0.25) is 0 Å². The van der Waals surface area contributed by atoms with Gasteiger partial charge in [-0.1, -0.05) is 39.3 Å². The first-order valence-electron chi connectivity index (χ1n) is 7.18. The predicted octanol–water partition coefficient (Wildman–Crippen LogP) is 3.87. The molecule has 0 aromatic heterocycles. The summed E-state index contributed by atoms with van der Waals surface area (Å²) in [5.74, 6) is 1.54. The van der Waals surface area contributed by atoms with E-state index >= 15 is 0 Å². The van der Waals surface area contributed by atoms with Crippen LogP contribution < -0.4 is 10.2 Å². The molecule has 3 heteroatoms. The van der Waals surface area contributed by atoms with Crippen molar-refractivity contribution < 1.29 is 9.57 Å². The summed E-state index contributed by atoms with van der Waals surface area (Å²) in [7, 11) is 1.67. The summed E-state index contributed by atoms with van der Waals surface area (Å²) in [5, 5.41) is 0. The van der Waals surface area contributed by atoms with Gasteiger partial charge in [0.25, 0.3) is 0 Å². The Balaban J connectivity index is 2.45. The maximum absolute atomic E-state index is 6.24. The molecule has 1 aliphatic rings. The van der Waals surface area contributed by atoms with Crippen molar-refractivity contribution in [3.05, 3.63) is 28.8 Å². The number of hydrogen-bond acceptors (Lipinski definition) is 3. The van der Waals surface area contributed by atoms with E-state index in [1.54, 1.807) is 7.11 Å². The van der Waals surface area contributed by atoms with E-state index in [0.717, 1.165) is 18.6 Å². The second kappa shape index (κ2) is 5.93. The summed E-state index contributed by atoms with van der Waals surface area (Å²) in [6.45, 7) is 8.75. The van der Waals surface area contributed by atoms with E-state index in [1.165, 1.54) is 16.7 Å². The van der Waals surface area contributed by atoms with Gasteiger partial charge in [0, 0.05) is 5.56 Å². The van der Waals surface area contributed by atoms with Crippen LogP contribution in [0, 0.1) is 6.92 Å². The molecule has 0 saturated carbocycles. The van der Waals surface area contributed by atoms with Crippen molar-refractivity contribution in [3.63, 3.8) is 0 Å². The quantitative estimate of drug-likeness (QED) is 0.818. The standard InChI is InChI=1S/C16H25NO2/c1-6-7-13-15(17-18-5)14-11(4)8-9-12(10(2)3)16(14)19-13/h8-10,13,15,17H,6-7H2,1-5H3. The fourth-order valence-corrected chi connectivity index (χ4v) is 2.86. The Morgan fingerprint density at radius 2 is 2.11 bits per heavy atom. The van der Waals surface area contributed by atoms with E-state index in [1.807, 2.05) is 0 Å². The van der Waals surface area contributed by atoms with Gasteiger partial charge in [-0.25, -0.2) is 0 Å². The maximum Gasteiger partial charge on any atom is 0.128 e. The van der Waals surface area contributed by atoms with Crippen molar-refractivity contribution in [2.75, 3.05) is 7.11 Å². The van der Waals surface area contributed by atoms with Crippen LogP contribution in [0.1, 0.15) is 62.3 Å². The van der Waals surface area contributed by atoms with Crippen molar-refractivity contribution in [3.8, 4) is 5.75 Å². The molecule has 0 radical (unpaired) electrons. The smallest absolute Gasteiger partial charge is 0.128 e. The van der Waals surface area contributed by atoms with Crippen LogP contribution in [-0.2, 0) is 4.84 Å². The van der Waals surface area contributed by atoms with E-state index in [4.69, 9.17) is 9.57 Å². The van der Waals surface area contributed by atoms with Crippen LogP contribution >= 0.6 is 0 Å². The van der Waals surface area contributed by atoms with Gasteiger partial charge in [0.15, 0.2) is 0 Å². The molecule has 19 heavy (non-hydrogen) atoms. The van der Waals surface area contributed by atoms with E-state index in [0.29, 0.717) is 5.92 Å². The highest BCUT2D eigenvalue weighted by atomic mass is 16.6. The SMILES string of the molecule is CCCC1Oc2c(C(C)C)ccc(C)c2C1NOC. The first-order valence-corrected chi connectivity index (χ1v) is 7.18. The average Bonchev–Trinajstić information content (AvgIpc) is 2.70. The molecule has 3 nitrogen and oxygen atoms in total. The van der Waals surface area contributed by atoms with E-state index in [-0.39, 0.29) is 12.1 Å². The van der Waals surface area contributed by atoms with Crippen LogP contribution in [0.4, 0.5) is 0 Å². The Labute approximate surface area is 116 Å². The number of hydrogen-bond donors (Lipinski definition) is 1. The molecule has 0 bridgehead atoms. The van der Waals surface area contributed by atoms with E-state index in [9.17, 15) is 0 Å². The number of fused-ring (bicyclic) bond motifs is 1. The largest absolute Gasteiger partial charge is 0.488 e. The molecule has 1 heterocycles. The second-order valence-corrected chi connectivity index (χ2v) is 5.61. The van der Waals surface area contributed by atoms with Gasteiger partial charge in [-0.3, -0.25) is 0 Å². The van der Waals surface area contributed by atoms with Crippen LogP contribution in [-0.4, -0.2) is 13.2 Å². The maximum atomic E-state index is 6.24. The van der Waals surface area contributed by atoms with Crippen LogP contribution in [0.15, 0.2) is 12.1 Å². The Morgan fingerprint density at radius 3 is 2.68 bits per heavy atom. The number of benzene rings is 1. The lowest BCUT2D eigenvalue weighted by atomic mass is 9.92. The highest BCUT2D eigenvalue weighted by molar-refractivity contribution is 5.52. The first-order chi connectivity index (χ1) is 9.10. The topological polar surface area (TPSA) is 30.5 Å². The molecule has 2 unspecified atom stereocenters. The van der Waals surface area contributed by atoms with Crippen molar-refractivity contribution in [1.29, 1.82) is 0 Å². The zero-order chi connectivity index (χ0) is 14.0. The van der Waals surface area contributed by atoms with Gasteiger partial charge in [-0.2, -0.15) is 5.48 Å². The Kier molecular flexibility index (Phi) is 4.48. The molecule has 1 N–H and O–H groups in total. The highest BCUT2D eigenvalue weighted by Gasteiger charge is 2.37. The van der Waals surface area contributed by atoms with Gasteiger partial charge >= 0.3 is 0 Å². The predicted molar refractivity (Wildman–Crippen MR) is 77.5 cm³/mol. The minimum Gasteiger partial charge on any atom is -0.488 e. The van der Waals surface area contributed by atoms with Gasteiger partial charge in [0.1, 0.15) is 11.9 Å². The summed E-state index contributed by atoms with van der Waals surface area (Å²) in [6.07, 6.45) is 2.31. The molecule has 0 fully saturated rings. The second-order valence-electron chi connectivity index (χ2n) is 5.61. The number of nitrogens with one attached hydrogen (secondary N) is 1. The van der Waals surface area contributed by atoms with Gasteiger partial charge in [0.2, 0.25) is 0 Å². The Morgan fingerprint density at radius 1 is 1.37 bits per heavy atom. The molecule has 0 saturated heterocycles. The van der Waals surface area contributed by atoms with Crippen LogP contribution in [0.5, 0.6) is 5.75 Å². The summed E-state index contributed by atoms with van der Waals surface area (Å²) in [4.78, 5) is 5.18. The van der Waals surface area contributed by atoms with E-state index in [2.05, 4.69) is 45.3 Å². The monoisotopic (exact) mass is 263 g/mol. The highest BCUT2D eigenvalue weighted by Crippen LogP contribution is 2.44. The zero-order valence-corrected chi connectivity index (χ0v) is 12.6. The number of rotatable bonds is 5. The minimum absolute atomic E-state index is 0.138. The Hall–Kier alpha value is -1.06. The minimum atomic E-state index is 0.138. The van der Waals surface area contributed by atoms with Gasteiger partial charge in [0.05, 0.1) is 13.2 Å². The molecule has 0 amide bonds. The zero-order valence-electron chi connectivity index (χ0n) is 12.6. The molecule has 0 spiro atoms. The Bertz CT molecular complexity index is 443. The molecule has 1 aromatic rings. The molecule has 1 aliphatic heterocycles. The van der Waals surface area contributed by atoms with Crippen LogP contribution in [0.25, 0.3) is 0 Å². The van der Waals surface area contributed by atoms with Crippen LogP contribution in [0.3, 0.4) is 0 Å². The molecule has 106 valence electrons. The summed E-state index contributed by atoms with van der Waals surface area (Å²) < 4.78 is 6.24. The van der Waals surface area contributed by atoms with Crippen molar-refractivity contribution >= 4 is 0 Å².